The Labute approximate surface area is 126 Å². The molecule has 0 amide bonds. The molecule has 5 nitrogen and oxygen atoms in total. The van der Waals surface area contributed by atoms with Crippen LogP contribution in [0.1, 0.15) is 36.8 Å². The van der Waals surface area contributed by atoms with Crippen molar-refractivity contribution in [1.82, 2.24) is 4.31 Å². The standard InChI is InChI=1S/C15H24N2O3S/c16-10-13-5-7-14(8-6-13)12-21(19,20)17-9-3-1-2-4-15(17)11-18/h5-8,15,18H,1-4,9-12,16H2. The number of rotatable bonds is 5. The average molecular weight is 312 g/mol. The number of hydrogen-bond acceptors (Lipinski definition) is 4. The molecule has 0 radical (unpaired) electrons. The van der Waals surface area contributed by atoms with E-state index in [1.807, 2.05) is 24.3 Å². The molecular weight excluding hydrogens is 288 g/mol. The monoisotopic (exact) mass is 312 g/mol. The third kappa shape index (κ3) is 4.26. The van der Waals surface area contributed by atoms with Gasteiger partial charge < -0.3 is 10.8 Å². The summed E-state index contributed by atoms with van der Waals surface area (Å²) in [6.07, 6.45) is 3.60. The molecule has 3 N–H and O–H groups in total. The Morgan fingerprint density at radius 2 is 1.81 bits per heavy atom. The molecule has 1 fully saturated rings. The first-order chi connectivity index (χ1) is 10.1. The molecule has 0 aromatic heterocycles. The summed E-state index contributed by atoms with van der Waals surface area (Å²) in [6.45, 7) is 0.853. The minimum Gasteiger partial charge on any atom is -0.395 e. The van der Waals surface area contributed by atoms with Crippen LogP contribution in [0.3, 0.4) is 0 Å². The van der Waals surface area contributed by atoms with Gasteiger partial charge in [-0.05, 0) is 24.0 Å². The van der Waals surface area contributed by atoms with Gasteiger partial charge in [-0.15, -0.1) is 0 Å². The predicted molar refractivity (Wildman–Crippen MR) is 83.0 cm³/mol. The summed E-state index contributed by atoms with van der Waals surface area (Å²) >= 11 is 0. The van der Waals surface area contributed by atoms with Gasteiger partial charge in [0.2, 0.25) is 10.0 Å². The minimum atomic E-state index is -3.40. The second-order valence-corrected chi connectivity index (χ2v) is 7.49. The Morgan fingerprint density at radius 3 is 2.43 bits per heavy atom. The third-order valence-corrected chi connectivity index (χ3v) is 5.89. The SMILES string of the molecule is NCc1ccc(CS(=O)(=O)N2CCCCCC2CO)cc1. The van der Waals surface area contributed by atoms with Gasteiger partial charge in [0.05, 0.1) is 12.4 Å². The highest BCUT2D eigenvalue weighted by molar-refractivity contribution is 7.88. The molecule has 0 aliphatic carbocycles. The van der Waals surface area contributed by atoms with Gasteiger partial charge in [0.15, 0.2) is 0 Å². The van der Waals surface area contributed by atoms with Gasteiger partial charge in [0, 0.05) is 19.1 Å². The van der Waals surface area contributed by atoms with Crippen molar-refractivity contribution in [3.63, 3.8) is 0 Å². The Morgan fingerprint density at radius 1 is 1.14 bits per heavy atom. The lowest BCUT2D eigenvalue weighted by Gasteiger charge is -2.27. The molecule has 1 unspecified atom stereocenters. The van der Waals surface area contributed by atoms with E-state index in [1.165, 1.54) is 4.31 Å². The third-order valence-electron chi connectivity index (χ3n) is 4.00. The lowest BCUT2D eigenvalue weighted by atomic mass is 10.1. The van der Waals surface area contributed by atoms with E-state index in [0.29, 0.717) is 13.1 Å². The number of aliphatic hydroxyl groups is 1. The predicted octanol–water partition coefficient (Wildman–Crippen LogP) is 1.21. The molecule has 1 aromatic rings. The van der Waals surface area contributed by atoms with Gasteiger partial charge in [0.1, 0.15) is 0 Å². The number of hydrogen-bond donors (Lipinski definition) is 2. The zero-order valence-electron chi connectivity index (χ0n) is 12.2. The second kappa shape index (κ2) is 7.35. The Kier molecular flexibility index (Phi) is 5.75. The zero-order valence-corrected chi connectivity index (χ0v) is 13.1. The molecule has 0 spiro atoms. The van der Waals surface area contributed by atoms with Gasteiger partial charge >= 0.3 is 0 Å². The first kappa shape index (κ1) is 16.4. The number of nitrogens with zero attached hydrogens (tertiary/aromatic N) is 1. The maximum atomic E-state index is 12.6. The highest BCUT2D eigenvalue weighted by Crippen LogP contribution is 2.22. The Hall–Kier alpha value is -0.950. The first-order valence-corrected chi connectivity index (χ1v) is 9.06. The molecule has 1 aliphatic heterocycles. The fourth-order valence-corrected chi connectivity index (χ4v) is 4.58. The summed E-state index contributed by atoms with van der Waals surface area (Å²) in [7, 11) is -3.40. The van der Waals surface area contributed by atoms with E-state index >= 15 is 0 Å². The van der Waals surface area contributed by atoms with Crippen LogP contribution in [-0.2, 0) is 22.3 Å². The van der Waals surface area contributed by atoms with Gasteiger partial charge in [-0.2, -0.15) is 4.31 Å². The fourth-order valence-electron chi connectivity index (χ4n) is 2.76. The van der Waals surface area contributed by atoms with Crippen LogP contribution in [0.4, 0.5) is 0 Å². The molecule has 1 atom stereocenters. The van der Waals surface area contributed by atoms with E-state index in [2.05, 4.69) is 0 Å². The van der Waals surface area contributed by atoms with E-state index in [9.17, 15) is 13.5 Å². The van der Waals surface area contributed by atoms with Crippen molar-refractivity contribution >= 4 is 10.0 Å². The summed E-state index contributed by atoms with van der Waals surface area (Å²) in [5, 5.41) is 9.46. The maximum Gasteiger partial charge on any atom is 0.218 e. The molecule has 1 aliphatic rings. The highest BCUT2D eigenvalue weighted by atomic mass is 32.2. The first-order valence-electron chi connectivity index (χ1n) is 7.45. The quantitative estimate of drug-likeness (QED) is 0.856. The van der Waals surface area contributed by atoms with E-state index in [1.54, 1.807) is 0 Å². The Balaban J connectivity index is 2.14. The van der Waals surface area contributed by atoms with Gasteiger partial charge in [0.25, 0.3) is 0 Å². The van der Waals surface area contributed by atoms with E-state index in [0.717, 1.165) is 36.8 Å². The van der Waals surface area contributed by atoms with E-state index in [4.69, 9.17) is 5.73 Å². The van der Waals surface area contributed by atoms with Crippen molar-refractivity contribution in [2.24, 2.45) is 5.73 Å². The molecule has 1 saturated heterocycles. The van der Waals surface area contributed by atoms with Crippen molar-refractivity contribution < 1.29 is 13.5 Å². The summed E-state index contributed by atoms with van der Waals surface area (Å²) in [6, 6.07) is 7.06. The number of sulfonamides is 1. The minimum absolute atomic E-state index is 0.0195. The summed E-state index contributed by atoms with van der Waals surface area (Å²) in [5.74, 6) is -0.0195. The molecule has 1 aromatic carbocycles. The van der Waals surface area contributed by atoms with Gasteiger partial charge in [-0.25, -0.2) is 8.42 Å². The normalized spacial score (nSPS) is 21.1. The van der Waals surface area contributed by atoms with Crippen LogP contribution in [0.25, 0.3) is 0 Å². The summed E-state index contributed by atoms with van der Waals surface area (Å²) < 4.78 is 26.7. The van der Waals surface area contributed by atoms with E-state index < -0.39 is 10.0 Å². The van der Waals surface area contributed by atoms with Crippen LogP contribution in [0, 0.1) is 0 Å². The lowest BCUT2D eigenvalue weighted by Crippen LogP contribution is -2.42. The Bertz CT molecular complexity index is 543. The van der Waals surface area contributed by atoms with Crippen LogP contribution >= 0.6 is 0 Å². The molecule has 1 heterocycles. The second-order valence-electron chi connectivity index (χ2n) is 5.57. The molecule has 2 rings (SSSR count). The number of aliphatic hydroxyl groups excluding tert-OH is 1. The lowest BCUT2D eigenvalue weighted by molar-refractivity contribution is 0.186. The van der Waals surface area contributed by atoms with Crippen LogP contribution in [0.5, 0.6) is 0 Å². The van der Waals surface area contributed by atoms with Crippen LogP contribution in [-0.4, -0.2) is 37.0 Å². The van der Waals surface area contributed by atoms with Crippen LogP contribution < -0.4 is 5.73 Å². The van der Waals surface area contributed by atoms with Gasteiger partial charge in [-0.3, -0.25) is 0 Å². The van der Waals surface area contributed by atoms with Crippen LogP contribution in [0.15, 0.2) is 24.3 Å². The zero-order chi connectivity index (χ0) is 15.3. The fraction of sp³-hybridized carbons (Fsp3) is 0.600. The summed E-state index contributed by atoms with van der Waals surface area (Å²) in [5.41, 5.74) is 7.29. The van der Waals surface area contributed by atoms with Crippen molar-refractivity contribution in [3.05, 3.63) is 35.4 Å². The van der Waals surface area contributed by atoms with Crippen molar-refractivity contribution in [2.75, 3.05) is 13.2 Å². The average Bonchev–Trinajstić information content (AvgIpc) is 2.73. The maximum absolute atomic E-state index is 12.6. The van der Waals surface area contributed by atoms with Crippen LogP contribution in [0.2, 0.25) is 0 Å². The number of nitrogens with two attached hydrogens (primary N) is 1. The largest absolute Gasteiger partial charge is 0.395 e. The molecular formula is C15H24N2O3S. The highest BCUT2D eigenvalue weighted by Gasteiger charge is 2.30. The smallest absolute Gasteiger partial charge is 0.218 e. The summed E-state index contributed by atoms with van der Waals surface area (Å²) in [4.78, 5) is 0. The van der Waals surface area contributed by atoms with Gasteiger partial charge in [-0.1, -0.05) is 37.1 Å². The van der Waals surface area contributed by atoms with Crippen molar-refractivity contribution in [1.29, 1.82) is 0 Å². The molecule has 118 valence electrons. The molecule has 21 heavy (non-hydrogen) atoms. The topological polar surface area (TPSA) is 83.6 Å². The molecule has 0 bridgehead atoms. The van der Waals surface area contributed by atoms with Crippen molar-refractivity contribution in [2.45, 2.75) is 44.0 Å². The van der Waals surface area contributed by atoms with E-state index in [-0.39, 0.29) is 18.4 Å². The molecule has 6 heteroatoms. The molecule has 0 saturated carbocycles. The number of benzene rings is 1. The van der Waals surface area contributed by atoms with Crippen molar-refractivity contribution in [3.8, 4) is 0 Å².